The molecule has 1 aliphatic heterocycles. The minimum absolute atomic E-state index is 0.0723. The highest BCUT2D eigenvalue weighted by Crippen LogP contribution is 2.32. The standard InChI is InChI=1S/C18H12F3N3O2/c19-12-3-1-2-10(4-12)17-22-18(26-23-17)11-5-16(25)24(9-11)15-7-13(20)6-14(21)8-15/h1-4,6-8,11H,5,9H2. The van der Waals surface area contributed by atoms with Crippen LogP contribution in [0.5, 0.6) is 0 Å². The number of benzene rings is 2. The Kier molecular flexibility index (Phi) is 3.95. The monoisotopic (exact) mass is 359 g/mol. The van der Waals surface area contributed by atoms with Crippen molar-refractivity contribution in [3.8, 4) is 11.4 Å². The number of halogens is 3. The summed E-state index contributed by atoms with van der Waals surface area (Å²) < 4.78 is 45.3. The third-order valence-electron chi connectivity index (χ3n) is 4.16. The summed E-state index contributed by atoms with van der Waals surface area (Å²) in [5.74, 6) is -2.23. The zero-order valence-electron chi connectivity index (χ0n) is 13.3. The third kappa shape index (κ3) is 3.05. The van der Waals surface area contributed by atoms with Crippen molar-refractivity contribution in [2.24, 2.45) is 0 Å². The Morgan fingerprint density at radius 2 is 1.81 bits per heavy atom. The largest absolute Gasteiger partial charge is 0.339 e. The summed E-state index contributed by atoms with van der Waals surface area (Å²) in [5.41, 5.74) is 0.591. The quantitative estimate of drug-likeness (QED) is 0.716. The molecule has 0 N–H and O–H groups in total. The van der Waals surface area contributed by atoms with Crippen molar-refractivity contribution in [2.45, 2.75) is 12.3 Å². The van der Waals surface area contributed by atoms with Gasteiger partial charge in [0.25, 0.3) is 0 Å². The smallest absolute Gasteiger partial charge is 0.232 e. The van der Waals surface area contributed by atoms with Crippen LogP contribution < -0.4 is 4.90 Å². The Labute approximate surface area is 146 Å². The Morgan fingerprint density at radius 3 is 2.54 bits per heavy atom. The van der Waals surface area contributed by atoms with Crippen LogP contribution in [-0.4, -0.2) is 22.6 Å². The Bertz CT molecular complexity index is 969. The second kappa shape index (κ2) is 6.29. The molecule has 2 aromatic carbocycles. The molecule has 8 heteroatoms. The van der Waals surface area contributed by atoms with E-state index in [4.69, 9.17) is 4.52 Å². The van der Waals surface area contributed by atoms with Gasteiger partial charge in [0.2, 0.25) is 17.6 Å². The lowest BCUT2D eigenvalue weighted by Crippen LogP contribution is -2.24. The third-order valence-corrected chi connectivity index (χ3v) is 4.16. The molecule has 132 valence electrons. The highest BCUT2D eigenvalue weighted by atomic mass is 19.1. The maximum Gasteiger partial charge on any atom is 0.232 e. The van der Waals surface area contributed by atoms with Gasteiger partial charge < -0.3 is 9.42 Å². The number of hydrogen-bond donors (Lipinski definition) is 0. The van der Waals surface area contributed by atoms with Gasteiger partial charge in [-0.05, 0) is 24.3 Å². The van der Waals surface area contributed by atoms with E-state index in [1.165, 1.54) is 23.1 Å². The summed E-state index contributed by atoms with van der Waals surface area (Å²) in [4.78, 5) is 17.8. The zero-order chi connectivity index (χ0) is 18.3. The van der Waals surface area contributed by atoms with Crippen LogP contribution in [0.1, 0.15) is 18.2 Å². The van der Waals surface area contributed by atoms with E-state index < -0.39 is 23.4 Å². The first kappa shape index (κ1) is 16.3. The molecular formula is C18H12F3N3O2. The van der Waals surface area contributed by atoms with Crippen molar-refractivity contribution in [3.05, 3.63) is 65.8 Å². The van der Waals surface area contributed by atoms with Gasteiger partial charge >= 0.3 is 0 Å². The number of rotatable bonds is 3. The summed E-state index contributed by atoms with van der Waals surface area (Å²) in [6.45, 7) is 0.159. The lowest BCUT2D eigenvalue weighted by atomic mass is 10.1. The summed E-state index contributed by atoms with van der Waals surface area (Å²) in [6.07, 6.45) is 0.0723. The van der Waals surface area contributed by atoms with Crippen LogP contribution in [-0.2, 0) is 4.79 Å². The van der Waals surface area contributed by atoms with Crippen LogP contribution in [0.2, 0.25) is 0 Å². The Balaban J connectivity index is 1.58. The number of aromatic nitrogens is 2. The van der Waals surface area contributed by atoms with Gasteiger partial charge in [-0.25, -0.2) is 13.2 Å². The molecule has 2 heterocycles. The average molecular weight is 359 g/mol. The van der Waals surface area contributed by atoms with E-state index in [9.17, 15) is 18.0 Å². The van der Waals surface area contributed by atoms with Crippen LogP contribution in [0.25, 0.3) is 11.4 Å². The molecule has 0 bridgehead atoms. The fourth-order valence-corrected chi connectivity index (χ4v) is 2.96. The molecule has 1 fully saturated rings. The molecule has 4 rings (SSSR count). The molecule has 1 aliphatic rings. The lowest BCUT2D eigenvalue weighted by Gasteiger charge is -2.16. The van der Waals surface area contributed by atoms with Gasteiger partial charge in [0.05, 0.1) is 5.92 Å². The van der Waals surface area contributed by atoms with Gasteiger partial charge in [-0.1, -0.05) is 17.3 Å². The predicted molar refractivity (Wildman–Crippen MR) is 85.8 cm³/mol. The van der Waals surface area contributed by atoms with E-state index in [1.54, 1.807) is 6.07 Å². The number of anilines is 1. The number of nitrogens with zero attached hydrogens (tertiary/aromatic N) is 3. The van der Waals surface area contributed by atoms with Crippen molar-refractivity contribution in [1.29, 1.82) is 0 Å². The van der Waals surface area contributed by atoms with E-state index >= 15 is 0 Å². The van der Waals surface area contributed by atoms with Crippen molar-refractivity contribution in [1.82, 2.24) is 10.1 Å². The van der Waals surface area contributed by atoms with Gasteiger partial charge in [0.1, 0.15) is 17.5 Å². The summed E-state index contributed by atoms with van der Waals surface area (Å²) in [5, 5.41) is 3.82. The van der Waals surface area contributed by atoms with Gasteiger partial charge in [0.15, 0.2) is 0 Å². The highest BCUT2D eigenvalue weighted by Gasteiger charge is 2.35. The van der Waals surface area contributed by atoms with E-state index in [2.05, 4.69) is 10.1 Å². The van der Waals surface area contributed by atoms with Crippen LogP contribution in [0.3, 0.4) is 0 Å². The van der Waals surface area contributed by atoms with Gasteiger partial charge in [0, 0.05) is 30.3 Å². The fraction of sp³-hybridized carbons (Fsp3) is 0.167. The van der Waals surface area contributed by atoms with Crippen molar-refractivity contribution in [2.75, 3.05) is 11.4 Å². The number of amides is 1. The topological polar surface area (TPSA) is 59.2 Å². The molecule has 1 atom stereocenters. The fourth-order valence-electron chi connectivity index (χ4n) is 2.96. The number of carbonyl (C=O) groups is 1. The second-order valence-corrected chi connectivity index (χ2v) is 6.00. The van der Waals surface area contributed by atoms with Gasteiger partial charge in [-0.3, -0.25) is 4.79 Å². The molecule has 3 aromatic rings. The Hall–Kier alpha value is -3.16. The van der Waals surface area contributed by atoms with Crippen molar-refractivity contribution >= 4 is 11.6 Å². The van der Waals surface area contributed by atoms with E-state index in [-0.39, 0.29) is 36.3 Å². The molecule has 0 radical (unpaired) electrons. The number of carbonyl (C=O) groups excluding carboxylic acids is 1. The summed E-state index contributed by atoms with van der Waals surface area (Å²) in [6, 6.07) is 8.67. The molecule has 0 saturated carbocycles. The molecule has 1 aromatic heterocycles. The summed E-state index contributed by atoms with van der Waals surface area (Å²) >= 11 is 0. The maximum atomic E-state index is 13.4. The van der Waals surface area contributed by atoms with Gasteiger partial charge in [-0.15, -0.1) is 0 Å². The molecular weight excluding hydrogens is 347 g/mol. The molecule has 0 aliphatic carbocycles. The molecule has 26 heavy (non-hydrogen) atoms. The normalized spacial score (nSPS) is 17.1. The minimum Gasteiger partial charge on any atom is -0.339 e. The van der Waals surface area contributed by atoms with Crippen LogP contribution in [0.15, 0.2) is 47.0 Å². The Morgan fingerprint density at radius 1 is 1.04 bits per heavy atom. The predicted octanol–water partition coefficient (Wildman–Crippen LogP) is 3.67. The molecule has 1 unspecified atom stereocenters. The first-order valence-electron chi connectivity index (χ1n) is 7.85. The maximum absolute atomic E-state index is 13.4. The van der Waals surface area contributed by atoms with E-state index in [1.807, 2.05) is 0 Å². The minimum atomic E-state index is -0.762. The lowest BCUT2D eigenvalue weighted by molar-refractivity contribution is -0.117. The first-order valence-corrected chi connectivity index (χ1v) is 7.85. The second-order valence-electron chi connectivity index (χ2n) is 6.00. The molecule has 1 saturated heterocycles. The highest BCUT2D eigenvalue weighted by molar-refractivity contribution is 5.96. The first-order chi connectivity index (χ1) is 12.5. The van der Waals surface area contributed by atoms with Crippen LogP contribution >= 0.6 is 0 Å². The molecule has 1 amide bonds. The van der Waals surface area contributed by atoms with Crippen molar-refractivity contribution in [3.63, 3.8) is 0 Å². The summed E-state index contributed by atoms with van der Waals surface area (Å²) in [7, 11) is 0. The van der Waals surface area contributed by atoms with E-state index in [0.29, 0.717) is 5.56 Å². The van der Waals surface area contributed by atoms with Crippen LogP contribution in [0.4, 0.5) is 18.9 Å². The molecule has 0 spiro atoms. The van der Waals surface area contributed by atoms with Crippen LogP contribution in [0, 0.1) is 17.5 Å². The molecule has 5 nitrogen and oxygen atoms in total. The average Bonchev–Trinajstić information content (AvgIpc) is 3.20. The van der Waals surface area contributed by atoms with E-state index in [0.717, 1.165) is 18.2 Å². The van der Waals surface area contributed by atoms with Crippen molar-refractivity contribution < 1.29 is 22.5 Å². The van der Waals surface area contributed by atoms with Gasteiger partial charge in [-0.2, -0.15) is 4.98 Å². The zero-order valence-corrected chi connectivity index (χ0v) is 13.3. The SMILES string of the molecule is O=C1CC(c2nc(-c3cccc(F)c3)no2)CN1c1cc(F)cc(F)c1. The number of hydrogen-bond acceptors (Lipinski definition) is 4.